The van der Waals surface area contributed by atoms with E-state index in [1.165, 1.54) is 11.1 Å². The van der Waals surface area contributed by atoms with Crippen LogP contribution in [0.5, 0.6) is 5.75 Å². The maximum absolute atomic E-state index is 9.46. The zero-order chi connectivity index (χ0) is 16.1. The molecule has 1 saturated heterocycles. The fraction of sp³-hybridized carbons (Fsp3) is 0.316. The van der Waals surface area contributed by atoms with E-state index >= 15 is 0 Å². The number of phenols is 1. The van der Waals surface area contributed by atoms with Gasteiger partial charge in [-0.1, -0.05) is 42.0 Å². The van der Waals surface area contributed by atoms with Crippen LogP contribution in [0.2, 0.25) is 0 Å². The average Bonchev–Trinajstić information content (AvgIpc) is 2.56. The van der Waals surface area contributed by atoms with Crippen molar-refractivity contribution in [2.24, 2.45) is 5.10 Å². The molecule has 0 aromatic heterocycles. The summed E-state index contributed by atoms with van der Waals surface area (Å²) in [6.45, 7) is 7.02. The Morgan fingerprint density at radius 1 is 1.04 bits per heavy atom. The zero-order valence-corrected chi connectivity index (χ0v) is 13.5. The van der Waals surface area contributed by atoms with Gasteiger partial charge < -0.3 is 5.11 Å². The summed E-state index contributed by atoms with van der Waals surface area (Å²) in [6, 6.07) is 15.9. The van der Waals surface area contributed by atoms with Gasteiger partial charge in [-0.3, -0.25) is 9.91 Å². The highest BCUT2D eigenvalue weighted by molar-refractivity contribution is 5.79. The minimum Gasteiger partial charge on any atom is -0.508 e. The quantitative estimate of drug-likeness (QED) is 0.883. The van der Waals surface area contributed by atoms with Crippen LogP contribution in [0.25, 0.3) is 0 Å². The van der Waals surface area contributed by atoms with Crippen LogP contribution in [0.4, 0.5) is 0 Å². The Balaban J connectivity index is 1.49. The molecule has 0 bridgehead atoms. The molecule has 3 rings (SSSR count). The van der Waals surface area contributed by atoms with Crippen molar-refractivity contribution in [2.45, 2.75) is 13.5 Å². The van der Waals surface area contributed by atoms with Crippen molar-refractivity contribution in [3.63, 3.8) is 0 Å². The molecule has 4 heteroatoms. The lowest BCUT2D eigenvalue weighted by Crippen LogP contribution is -2.43. The third-order valence-corrected chi connectivity index (χ3v) is 4.12. The van der Waals surface area contributed by atoms with Crippen LogP contribution < -0.4 is 0 Å². The molecule has 0 atom stereocenters. The molecule has 2 aromatic rings. The van der Waals surface area contributed by atoms with E-state index in [1.807, 2.05) is 18.3 Å². The van der Waals surface area contributed by atoms with E-state index in [4.69, 9.17) is 0 Å². The molecule has 1 aliphatic rings. The minimum atomic E-state index is 0.275. The van der Waals surface area contributed by atoms with Crippen molar-refractivity contribution < 1.29 is 5.11 Å². The van der Waals surface area contributed by atoms with Crippen LogP contribution in [-0.4, -0.2) is 47.4 Å². The summed E-state index contributed by atoms with van der Waals surface area (Å²) in [4.78, 5) is 2.46. The molecule has 1 N–H and O–H groups in total. The van der Waals surface area contributed by atoms with Gasteiger partial charge >= 0.3 is 0 Å². The molecule has 0 saturated carbocycles. The molecule has 0 radical (unpaired) electrons. The van der Waals surface area contributed by atoms with E-state index < -0.39 is 0 Å². The van der Waals surface area contributed by atoms with E-state index in [0.717, 1.165) is 38.3 Å². The van der Waals surface area contributed by atoms with Gasteiger partial charge in [0.25, 0.3) is 0 Å². The second-order valence-corrected chi connectivity index (χ2v) is 6.05. The molecule has 0 unspecified atom stereocenters. The predicted octanol–water partition coefficient (Wildman–Crippen LogP) is 2.85. The summed E-state index contributed by atoms with van der Waals surface area (Å²) >= 11 is 0. The van der Waals surface area contributed by atoms with Crippen molar-refractivity contribution >= 4 is 6.21 Å². The van der Waals surface area contributed by atoms with E-state index in [1.54, 1.807) is 12.1 Å². The van der Waals surface area contributed by atoms with E-state index in [9.17, 15) is 5.11 Å². The Morgan fingerprint density at radius 3 is 2.48 bits per heavy atom. The summed E-state index contributed by atoms with van der Waals surface area (Å²) in [5, 5.41) is 16.1. The van der Waals surface area contributed by atoms with Crippen LogP contribution in [0.3, 0.4) is 0 Å². The first-order chi connectivity index (χ1) is 11.2. The van der Waals surface area contributed by atoms with Gasteiger partial charge in [-0.15, -0.1) is 0 Å². The molecule has 2 aromatic carbocycles. The van der Waals surface area contributed by atoms with Crippen molar-refractivity contribution in [3.05, 3.63) is 65.2 Å². The number of nitrogens with zero attached hydrogens (tertiary/aromatic N) is 3. The number of hydrogen-bond donors (Lipinski definition) is 1. The SMILES string of the molecule is Cc1ccc(CN2CCN(N=Cc3cccc(O)c3)CC2)cc1. The van der Waals surface area contributed by atoms with Crippen LogP contribution in [0.15, 0.2) is 53.6 Å². The molecular weight excluding hydrogens is 286 g/mol. The fourth-order valence-electron chi connectivity index (χ4n) is 2.72. The summed E-state index contributed by atoms with van der Waals surface area (Å²) < 4.78 is 0. The second-order valence-electron chi connectivity index (χ2n) is 6.05. The van der Waals surface area contributed by atoms with Gasteiger partial charge in [0, 0.05) is 32.7 Å². The number of hydrogen-bond acceptors (Lipinski definition) is 4. The Bertz CT molecular complexity index is 659. The van der Waals surface area contributed by atoms with E-state index in [-0.39, 0.29) is 5.75 Å². The topological polar surface area (TPSA) is 39.1 Å². The number of hydrazone groups is 1. The highest BCUT2D eigenvalue weighted by atomic mass is 16.3. The largest absolute Gasteiger partial charge is 0.508 e. The Labute approximate surface area is 137 Å². The van der Waals surface area contributed by atoms with E-state index in [2.05, 4.69) is 46.2 Å². The van der Waals surface area contributed by atoms with Crippen molar-refractivity contribution in [2.75, 3.05) is 26.2 Å². The molecule has 4 nitrogen and oxygen atoms in total. The Morgan fingerprint density at radius 2 is 1.78 bits per heavy atom. The molecule has 0 spiro atoms. The third-order valence-electron chi connectivity index (χ3n) is 4.12. The molecule has 0 aliphatic carbocycles. The Hall–Kier alpha value is -2.33. The summed E-state index contributed by atoms with van der Waals surface area (Å²) in [6.07, 6.45) is 1.81. The lowest BCUT2D eigenvalue weighted by atomic mass is 10.1. The van der Waals surface area contributed by atoms with Gasteiger partial charge in [0.05, 0.1) is 6.21 Å². The van der Waals surface area contributed by atoms with Crippen molar-refractivity contribution in [1.29, 1.82) is 0 Å². The highest BCUT2D eigenvalue weighted by Gasteiger charge is 2.15. The van der Waals surface area contributed by atoms with Crippen LogP contribution in [-0.2, 0) is 6.54 Å². The van der Waals surface area contributed by atoms with Gasteiger partial charge in [-0.05, 0) is 30.2 Å². The minimum absolute atomic E-state index is 0.275. The fourth-order valence-corrected chi connectivity index (χ4v) is 2.72. The number of phenolic OH excluding ortho intramolecular Hbond substituents is 1. The molecule has 120 valence electrons. The van der Waals surface area contributed by atoms with Crippen molar-refractivity contribution in [1.82, 2.24) is 9.91 Å². The smallest absolute Gasteiger partial charge is 0.116 e. The van der Waals surface area contributed by atoms with Gasteiger partial charge in [-0.2, -0.15) is 5.10 Å². The summed E-state index contributed by atoms with van der Waals surface area (Å²) in [5.41, 5.74) is 3.60. The second kappa shape index (κ2) is 7.29. The standard InChI is InChI=1S/C19H23N3O/c1-16-5-7-17(8-6-16)15-21-9-11-22(12-10-21)20-14-18-3-2-4-19(23)13-18/h2-8,13-14,23H,9-12,15H2,1H3. The molecule has 23 heavy (non-hydrogen) atoms. The van der Waals surface area contributed by atoms with Crippen molar-refractivity contribution in [3.8, 4) is 5.75 Å². The Kier molecular flexibility index (Phi) is 4.93. The number of aromatic hydroxyl groups is 1. The first kappa shape index (κ1) is 15.6. The lowest BCUT2D eigenvalue weighted by Gasteiger charge is -2.33. The van der Waals surface area contributed by atoms with Gasteiger partial charge in [0.15, 0.2) is 0 Å². The maximum atomic E-state index is 9.46. The number of benzene rings is 2. The number of rotatable bonds is 4. The molecule has 0 amide bonds. The van der Waals surface area contributed by atoms with Gasteiger partial charge in [0.1, 0.15) is 5.75 Å². The number of piperazine rings is 1. The number of aryl methyl sites for hydroxylation is 1. The van der Waals surface area contributed by atoms with Crippen LogP contribution in [0, 0.1) is 6.92 Å². The third kappa shape index (κ3) is 4.57. The summed E-state index contributed by atoms with van der Waals surface area (Å²) in [5.74, 6) is 0.275. The van der Waals surface area contributed by atoms with Crippen LogP contribution >= 0.6 is 0 Å². The molecular formula is C19H23N3O. The monoisotopic (exact) mass is 309 g/mol. The predicted molar refractivity (Wildman–Crippen MR) is 93.7 cm³/mol. The van der Waals surface area contributed by atoms with Gasteiger partial charge in [-0.25, -0.2) is 0 Å². The highest BCUT2D eigenvalue weighted by Crippen LogP contribution is 2.11. The zero-order valence-electron chi connectivity index (χ0n) is 13.5. The first-order valence-corrected chi connectivity index (χ1v) is 8.05. The maximum Gasteiger partial charge on any atom is 0.116 e. The summed E-state index contributed by atoms with van der Waals surface area (Å²) in [7, 11) is 0. The molecule has 1 heterocycles. The average molecular weight is 309 g/mol. The van der Waals surface area contributed by atoms with Crippen LogP contribution in [0.1, 0.15) is 16.7 Å². The normalized spacial score (nSPS) is 16.1. The molecule has 1 aliphatic heterocycles. The lowest BCUT2D eigenvalue weighted by molar-refractivity contribution is 0.131. The first-order valence-electron chi connectivity index (χ1n) is 8.05. The molecule has 1 fully saturated rings. The van der Waals surface area contributed by atoms with E-state index in [0.29, 0.717) is 0 Å². The van der Waals surface area contributed by atoms with Gasteiger partial charge in [0.2, 0.25) is 0 Å².